The van der Waals surface area contributed by atoms with E-state index in [1.165, 1.54) is 0 Å². The maximum absolute atomic E-state index is 12.5. The molecular weight excluding hydrogens is 354 g/mol. The standard InChI is InChI=1S/C22H21N3O3/c1-14-19(25-22(28-14)15-6-3-2-4-7-15)13-20(26)23-18-9-5-8-16(12-18)21(27)24-17-10-11-17/h2-9,12,17H,10-11,13H2,1H3,(H,23,26)(H,24,27). The topological polar surface area (TPSA) is 84.2 Å². The van der Waals surface area contributed by atoms with Crippen LogP contribution >= 0.6 is 0 Å². The van der Waals surface area contributed by atoms with E-state index in [-0.39, 0.29) is 18.2 Å². The smallest absolute Gasteiger partial charge is 0.251 e. The van der Waals surface area contributed by atoms with Gasteiger partial charge in [-0.05, 0) is 50.1 Å². The van der Waals surface area contributed by atoms with E-state index in [2.05, 4.69) is 15.6 Å². The molecule has 0 saturated heterocycles. The number of anilines is 1. The normalized spacial score (nSPS) is 13.2. The average molecular weight is 375 g/mol. The first-order chi connectivity index (χ1) is 13.6. The van der Waals surface area contributed by atoms with Crippen molar-refractivity contribution in [2.24, 2.45) is 0 Å². The van der Waals surface area contributed by atoms with Crippen molar-refractivity contribution in [3.05, 3.63) is 71.6 Å². The van der Waals surface area contributed by atoms with Crippen molar-refractivity contribution in [1.82, 2.24) is 10.3 Å². The van der Waals surface area contributed by atoms with Gasteiger partial charge >= 0.3 is 0 Å². The summed E-state index contributed by atoms with van der Waals surface area (Å²) in [6.07, 6.45) is 2.16. The summed E-state index contributed by atoms with van der Waals surface area (Å²) in [5.74, 6) is 0.792. The predicted molar refractivity (Wildman–Crippen MR) is 106 cm³/mol. The van der Waals surface area contributed by atoms with Crippen LogP contribution in [0.3, 0.4) is 0 Å². The van der Waals surface area contributed by atoms with Crippen LogP contribution in [0.15, 0.2) is 59.0 Å². The SMILES string of the molecule is Cc1oc(-c2ccccc2)nc1CC(=O)Nc1cccc(C(=O)NC2CC2)c1. The molecule has 1 fully saturated rings. The van der Waals surface area contributed by atoms with Crippen LogP contribution in [0.2, 0.25) is 0 Å². The molecule has 3 aromatic rings. The van der Waals surface area contributed by atoms with Crippen molar-refractivity contribution in [3.63, 3.8) is 0 Å². The number of carbonyl (C=O) groups is 2. The molecule has 1 aliphatic rings. The number of amides is 2. The Kier molecular flexibility index (Phi) is 4.93. The third-order valence-electron chi connectivity index (χ3n) is 4.56. The second-order valence-corrected chi connectivity index (χ2v) is 6.94. The zero-order chi connectivity index (χ0) is 19.5. The lowest BCUT2D eigenvalue weighted by Crippen LogP contribution is -2.25. The summed E-state index contributed by atoms with van der Waals surface area (Å²) in [6, 6.07) is 16.8. The Bertz CT molecular complexity index is 1010. The highest BCUT2D eigenvalue weighted by Gasteiger charge is 2.24. The molecule has 0 aliphatic heterocycles. The maximum atomic E-state index is 12.5. The molecule has 0 atom stereocenters. The minimum atomic E-state index is -0.212. The van der Waals surface area contributed by atoms with Gasteiger partial charge in [0.1, 0.15) is 5.76 Å². The molecule has 1 heterocycles. The molecule has 4 rings (SSSR count). The van der Waals surface area contributed by atoms with Gasteiger partial charge in [0.15, 0.2) is 0 Å². The van der Waals surface area contributed by atoms with Crippen LogP contribution in [0.4, 0.5) is 5.69 Å². The predicted octanol–water partition coefficient (Wildman–Crippen LogP) is 3.72. The van der Waals surface area contributed by atoms with Gasteiger partial charge in [-0.1, -0.05) is 24.3 Å². The summed E-state index contributed by atoms with van der Waals surface area (Å²) in [7, 11) is 0. The Morgan fingerprint density at radius 3 is 2.64 bits per heavy atom. The number of rotatable bonds is 6. The first-order valence-electron chi connectivity index (χ1n) is 9.31. The van der Waals surface area contributed by atoms with E-state index in [0.29, 0.717) is 34.6 Å². The largest absolute Gasteiger partial charge is 0.441 e. The number of hydrogen-bond donors (Lipinski definition) is 2. The van der Waals surface area contributed by atoms with Crippen LogP contribution in [-0.2, 0) is 11.2 Å². The zero-order valence-corrected chi connectivity index (χ0v) is 15.6. The van der Waals surface area contributed by atoms with Crippen LogP contribution in [0.5, 0.6) is 0 Å². The average Bonchev–Trinajstić information content (AvgIpc) is 3.44. The number of hydrogen-bond acceptors (Lipinski definition) is 4. The summed E-state index contributed by atoms with van der Waals surface area (Å²) in [5.41, 5.74) is 2.58. The number of nitrogens with one attached hydrogen (secondary N) is 2. The third-order valence-corrected chi connectivity index (χ3v) is 4.56. The molecule has 0 radical (unpaired) electrons. The molecule has 0 unspecified atom stereocenters. The minimum absolute atomic E-state index is 0.0979. The van der Waals surface area contributed by atoms with Crippen molar-refractivity contribution in [1.29, 1.82) is 0 Å². The fourth-order valence-electron chi connectivity index (χ4n) is 2.89. The number of aromatic nitrogens is 1. The monoisotopic (exact) mass is 375 g/mol. The Morgan fingerprint density at radius 1 is 1.11 bits per heavy atom. The summed E-state index contributed by atoms with van der Waals surface area (Å²) in [6.45, 7) is 1.80. The molecule has 1 aliphatic carbocycles. The number of aryl methyl sites for hydroxylation is 1. The van der Waals surface area contributed by atoms with Crippen LogP contribution in [0.25, 0.3) is 11.5 Å². The molecule has 6 heteroatoms. The first-order valence-corrected chi connectivity index (χ1v) is 9.31. The summed E-state index contributed by atoms with van der Waals surface area (Å²) >= 11 is 0. The quantitative estimate of drug-likeness (QED) is 0.688. The molecule has 28 heavy (non-hydrogen) atoms. The van der Waals surface area contributed by atoms with Gasteiger partial charge in [0.05, 0.1) is 12.1 Å². The molecule has 2 N–H and O–H groups in total. The molecule has 0 bridgehead atoms. The molecule has 2 aromatic carbocycles. The van der Waals surface area contributed by atoms with Gasteiger partial charge in [-0.25, -0.2) is 4.98 Å². The first kappa shape index (κ1) is 18.0. The van der Waals surface area contributed by atoms with Crippen LogP contribution < -0.4 is 10.6 Å². The van der Waals surface area contributed by atoms with E-state index in [4.69, 9.17) is 4.42 Å². The molecule has 2 amide bonds. The summed E-state index contributed by atoms with van der Waals surface area (Å²) in [4.78, 5) is 29.1. The van der Waals surface area contributed by atoms with E-state index in [9.17, 15) is 9.59 Å². The second kappa shape index (κ2) is 7.68. The number of carbonyl (C=O) groups excluding carboxylic acids is 2. The zero-order valence-electron chi connectivity index (χ0n) is 15.6. The van der Waals surface area contributed by atoms with Crippen molar-refractivity contribution in [2.45, 2.75) is 32.2 Å². The highest BCUT2D eigenvalue weighted by molar-refractivity contribution is 5.97. The molecular formula is C22H21N3O3. The van der Waals surface area contributed by atoms with Crippen LogP contribution in [0.1, 0.15) is 34.7 Å². The van der Waals surface area contributed by atoms with Gasteiger partial charge in [-0.3, -0.25) is 9.59 Å². The lowest BCUT2D eigenvalue weighted by atomic mass is 10.1. The summed E-state index contributed by atoms with van der Waals surface area (Å²) < 4.78 is 5.70. The van der Waals surface area contributed by atoms with E-state index < -0.39 is 0 Å². The van der Waals surface area contributed by atoms with Crippen molar-refractivity contribution in [2.75, 3.05) is 5.32 Å². The molecule has 0 spiro atoms. The third kappa shape index (κ3) is 4.28. The molecule has 1 aromatic heterocycles. The lowest BCUT2D eigenvalue weighted by molar-refractivity contribution is -0.115. The maximum Gasteiger partial charge on any atom is 0.251 e. The van der Waals surface area contributed by atoms with Crippen molar-refractivity contribution in [3.8, 4) is 11.5 Å². The molecule has 142 valence electrons. The van der Waals surface area contributed by atoms with E-state index in [0.717, 1.165) is 18.4 Å². The van der Waals surface area contributed by atoms with Gasteiger partial charge in [-0.15, -0.1) is 0 Å². The van der Waals surface area contributed by atoms with Crippen molar-refractivity contribution < 1.29 is 14.0 Å². The van der Waals surface area contributed by atoms with Crippen molar-refractivity contribution >= 4 is 17.5 Å². The Labute approximate surface area is 163 Å². The Balaban J connectivity index is 1.42. The fraction of sp³-hybridized carbons (Fsp3) is 0.227. The van der Waals surface area contributed by atoms with Gasteiger partial charge in [-0.2, -0.15) is 0 Å². The van der Waals surface area contributed by atoms with Gasteiger partial charge in [0.2, 0.25) is 11.8 Å². The molecule has 6 nitrogen and oxygen atoms in total. The number of nitrogens with zero attached hydrogens (tertiary/aromatic N) is 1. The molecule has 1 saturated carbocycles. The lowest BCUT2D eigenvalue weighted by Gasteiger charge is -2.07. The number of benzene rings is 2. The Hall–Kier alpha value is -3.41. The van der Waals surface area contributed by atoms with Gasteiger partial charge < -0.3 is 15.1 Å². The van der Waals surface area contributed by atoms with E-state index in [1.807, 2.05) is 30.3 Å². The highest BCUT2D eigenvalue weighted by atomic mass is 16.4. The van der Waals surface area contributed by atoms with E-state index in [1.54, 1.807) is 31.2 Å². The van der Waals surface area contributed by atoms with Crippen LogP contribution in [0, 0.1) is 6.92 Å². The number of oxazole rings is 1. The van der Waals surface area contributed by atoms with E-state index >= 15 is 0 Å². The Morgan fingerprint density at radius 2 is 1.89 bits per heavy atom. The second-order valence-electron chi connectivity index (χ2n) is 6.94. The fourth-order valence-corrected chi connectivity index (χ4v) is 2.89. The van der Waals surface area contributed by atoms with Gasteiger partial charge in [0.25, 0.3) is 5.91 Å². The minimum Gasteiger partial charge on any atom is -0.441 e. The van der Waals surface area contributed by atoms with Gasteiger partial charge in [0, 0.05) is 22.9 Å². The summed E-state index contributed by atoms with van der Waals surface area (Å²) in [5, 5.41) is 5.77. The highest BCUT2D eigenvalue weighted by Crippen LogP contribution is 2.22. The van der Waals surface area contributed by atoms with Crippen LogP contribution in [-0.4, -0.2) is 22.8 Å².